The van der Waals surface area contributed by atoms with Gasteiger partial charge in [-0.25, -0.2) is 0 Å². The molecule has 4 aromatic carbocycles. The lowest BCUT2D eigenvalue weighted by molar-refractivity contribution is -0.141. The molecule has 0 unspecified atom stereocenters. The SMILES string of the molecule is Cc1c(COc2cc(OCc3cccc(C#N)c3)c(CN3CC[C@H](C(=O)O)C3)cc2Cl)cccc1-c1ccc2c(c1)OCCO2. The van der Waals surface area contributed by atoms with Gasteiger partial charge in [-0.15, -0.1) is 0 Å². The number of aliphatic carboxylic acids is 1. The van der Waals surface area contributed by atoms with Gasteiger partial charge in [-0.3, -0.25) is 9.69 Å². The average Bonchev–Trinajstić information content (AvgIpc) is 3.53. The first-order chi connectivity index (χ1) is 21.9. The number of rotatable bonds is 10. The van der Waals surface area contributed by atoms with Gasteiger partial charge >= 0.3 is 5.97 Å². The minimum absolute atomic E-state index is 0.248. The molecule has 1 atom stereocenters. The van der Waals surface area contributed by atoms with Crippen molar-refractivity contribution >= 4 is 17.6 Å². The zero-order valence-corrected chi connectivity index (χ0v) is 25.7. The molecule has 1 fully saturated rings. The first-order valence-corrected chi connectivity index (χ1v) is 15.3. The molecule has 0 saturated carbocycles. The van der Waals surface area contributed by atoms with Crippen molar-refractivity contribution in [3.8, 4) is 40.2 Å². The summed E-state index contributed by atoms with van der Waals surface area (Å²) >= 11 is 6.77. The number of likely N-dealkylation sites (tertiary alicyclic amines) is 1. The molecule has 6 rings (SSSR count). The minimum Gasteiger partial charge on any atom is -0.488 e. The van der Waals surface area contributed by atoms with Crippen LogP contribution < -0.4 is 18.9 Å². The summed E-state index contributed by atoms with van der Waals surface area (Å²) in [5.74, 6) is 1.41. The maximum Gasteiger partial charge on any atom is 0.307 e. The highest BCUT2D eigenvalue weighted by atomic mass is 35.5. The van der Waals surface area contributed by atoms with E-state index in [4.69, 9.17) is 30.5 Å². The second-order valence-corrected chi connectivity index (χ2v) is 11.7. The summed E-state index contributed by atoms with van der Waals surface area (Å²) in [6, 6.07) is 25.2. The lowest BCUT2D eigenvalue weighted by Crippen LogP contribution is -2.23. The number of nitriles is 1. The molecule has 0 aliphatic carbocycles. The Bertz CT molecular complexity index is 1770. The van der Waals surface area contributed by atoms with Crippen LogP contribution in [0.4, 0.5) is 0 Å². The van der Waals surface area contributed by atoms with E-state index in [1.54, 1.807) is 18.2 Å². The Morgan fingerprint density at radius 1 is 0.978 bits per heavy atom. The summed E-state index contributed by atoms with van der Waals surface area (Å²) in [5, 5.41) is 19.2. The average molecular weight is 625 g/mol. The fraction of sp³-hybridized carbons (Fsp3) is 0.278. The molecule has 8 nitrogen and oxygen atoms in total. The number of fused-ring (bicyclic) bond motifs is 1. The Hall–Kier alpha value is -4.71. The van der Waals surface area contributed by atoms with Gasteiger partial charge in [-0.1, -0.05) is 48.0 Å². The lowest BCUT2D eigenvalue weighted by atomic mass is 9.96. The largest absolute Gasteiger partial charge is 0.488 e. The fourth-order valence-electron chi connectivity index (χ4n) is 5.77. The van der Waals surface area contributed by atoms with Crippen molar-refractivity contribution in [1.82, 2.24) is 4.90 Å². The normalized spacial score (nSPS) is 15.8. The van der Waals surface area contributed by atoms with Crippen molar-refractivity contribution in [1.29, 1.82) is 5.26 Å². The van der Waals surface area contributed by atoms with Crippen LogP contribution >= 0.6 is 11.6 Å². The molecule has 0 amide bonds. The third kappa shape index (κ3) is 7.01. The summed E-state index contributed by atoms with van der Waals surface area (Å²) in [6.07, 6.45) is 0.603. The van der Waals surface area contributed by atoms with Gasteiger partial charge in [0.15, 0.2) is 11.5 Å². The molecule has 2 aliphatic rings. The number of hydrogen-bond donors (Lipinski definition) is 1. The third-order valence-corrected chi connectivity index (χ3v) is 8.56. The molecule has 0 aromatic heterocycles. The van der Waals surface area contributed by atoms with E-state index < -0.39 is 5.97 Å². The Labute approximate surface area is 267 Å². The monoisotopic (exact) mass is 624 g/mol. The molecule has 1 saturated heterocycles. The molecule has 9 heteroatoms. The number of carbonyl (C=O) groups is 1. The molecule has 230 valence electrons. The molecule has 45 heavy (non-hydrogen) atoms. The van der Waals surface area contributed by atoms with Crippen molar-refractivity contribution in [3.05, 3.63) is 106 Å². The summed E-state index contributed by atoms with van der Waals surface area (Å²) in [6.45, 7) is 5.32. The Balaban J connectivity index is 1.23. The van der Waals surface area contributed by atoms with Crippen LogP contribution in [0.2, 0.25) is 5.02 Å². The molecular weight excluding hydrogens is 592 g/mol. The van der Waals surface area contributed by atoms with Gasteiger partial charge in [-0.2, -0.15) is 5.26 Å². The van der Waals surface area contributed by atoms with Gasteiger partial charge in [0.2, 0.25) is 0 Å². The van der Waals surface area contributed by atoms with Crippen molar-refractivity contribution < 1.29 is 28.8 Å². The molecular formula is C36H33ClN2O6. The number of carboxylic acid groups (broad SMARTS) is 1. The van der Waals surface area contributed by atoms with Gasteiger partial charge in [0.25, 0.3) is 0 Å². The van der Waals surface area contributed by atoms with E-state index in [-0.39, 0.29) is 12.5 Å². The third-order valence-electron chi connectivity index (χ3n) is 8.26. The molecule has 4 aromatic rings. The van der Waals surface area contributed by atoms with E-state index in [1.807, 2.05) is 48.5 Å². The second-order valence-electron chi connectivity index (χ2n) is 11.3. The number of halogens is 1. The van der Waals surface area contributed by atoms with Crippen LogP contribution in [0.25, 0.3) is 11.1 Å². The van der Waals surface area contributed by atoms with Crippen LogP contribution in [0.15, 0.2) is 72.8 Å². The van der Waals surface area contributed by atoms with Crippen LogP contribution in [0, 0.1) is 24.2 Å². The molecule has 2 aliphatic heterocycles. The van der Waals surface area contributed by atoms with Crippen LogP contribution in [-0.2, 0) is 24.6 Å². The highest BCUT2D eigenvalue weighted by Crippen LogP contribution is 2.38. The van der Waals surface area contributed by atoms with E-state index >= 15 is 0 Å². The molecule has 0 spiro atoms. The number of hydrogen-bond acceptors (Lipinski definition) is 7. The van der Waals surface area contributed by atoms with Crippen molar-refractivity contribution in [2.24, 2.45) is 5.92 Å². The molecule has 2 heterocycles. The van der Waals surface area contributed by atoms with Gasteiger partial charge in [-0.05, 0) is 78.0 Å². The van der Waals surface area contributed by atoms with E-state index in [9.17, 15) is 15.2 Å². The minimum atomic E-state index is -0.776. The smallest absolute Gasteiger partial charge is 0.307 e. The maximum atomic E-state index is 11.5. The van der Waals surface area contributed by atoms with Gasteiger partial charge in [0.1, 0.15) is 37.9 Å². The standard InChI is InChI=1S/C36H33ClN2O6/c1-23-28(6-3-7-30(23)26-8-9-32-35(16-26)43-13-12-42-32)22-45-34-17-33(44-21-25-5-2-4-24(14-25)18-38)29(15-31(34)37)20-39-11-10-27(19-39)36(40)41/h2-9,14-17,27H,10-13,19-22H2,1H3,(H,40,41)/t27-/m0/s1. The van der Waals surface area contributed by atoms with E-state index in [0.717, 1.165) is 44.9 Å². The Kier molecular flexibility index (Phi) is 9.11. The van der Waals surface area contributed by atoms with E-state index in [2.05, 4.69) is 24.0 Å². The van der Waals surface area contributed by atoms with Crippen LogP contribution in [-0.4, -0.2) is 42.3 Å². The van der Waals surface area contributed by atoms with Crippen LogP contribution in [0.1, 0.15) is 34.2 Å². The zero-order chi connectivity index (χ0) is 31.3. The first-order valence-electron chi connectivity index (χ1n) is 14.9. The summed E-state index contributed by atoms with van der Waals surface area (Å²) in [5.41, 5.74) is 6.45. The number of nitrogens with zero attached hydrogens (tertiary/aromatic N) is 2. The number of benzene rings is 4. The Morgan fingerprint density at radius 2 is 1.78 bits per heavy atom. The molecule has 1 N–H and O–H groups in total. The lowest BCUT2D eigenvalue weighted by Gasteiger charge is -2.21. The first kappa shape index (κ1) is 30.3. The second kappa shape index (κ2) is 13.5. The highest BCUT2D eigenvalue weighted by molar-refractivity contribution is 6.32. The summed E-state index contributed by atoms with van der Waals surface area (Å²) in [4.78, 5) is 13.6. The maximum absolute atomic E-state index is 11.5. The highest BCUT2D eigenvalue weighted by Gasteiger charge is 2.28. The predicted octanol–water partition coefficient (Wildman–Crippen LogP) is 7.02. The summed E-state index contributed by atoms with van der Waals surface area (Å²) in [7, 11) is 0. The number of ether oxygens (including phenoxy) is 4. The van der Waals surface area contributed by atoms with E-state index in [0.29, 0.717) is 68.0 Å². The van der Waals surface area contributed by atoms with Gasteiger partial charge in [0, 0.05) is 24.7 Å². The van der Waals surface area contributed by atoms with Crippen LogP contribution in [0.3, 0.4) is 0 Å². The Morgan fingerprint density at radius 3 is 2.58 bits per heavy atom. The molecule has 0 radical (unpaired) electrons. The van der Waals surface area contributed by atoms with Crippen LogP contribution in [0.5, 0.6) is 23.0 Å². The van der Waals surface area contributed by atoms with Gasteiger partial charge < -0.3 is 24.1 Å². The van der Waals surface area contributed by atoms with E-state index in [1.165, 1.54) is 0 Å². The topological polar surface area (TPSA) is 101 Å². The van der Waals surface area contributed by atoms with Gasteiger partial charge in [0.05, 0.1) is 22.6 Å². The van der Waals surface area contributed by atoms with Crippen molar-refractivity contribution in [2.45, 2.75) is 33.1 Å². The molecule has 0 bridgehead atoms. The fourth-order valence-corrected chi connectivity index (χ4v) is 6.01. The van der Waals surface area contributed by atoms with Crippen molar-refractivity contribution in [3.63, 3.8) is 0 Å². The van der Waals surface area contributed by atoms with Crippen molar-refractivity contribution in [2.75, 3.05) is 26.3 Å². The summed E-state index contributed by atoms with van der Waals surface area (Å²) < 4.78 is 24.1. The number of carboxylic acids is 1. The predicted molar refractivity (Wildman–Crippen MR) is 170 cm³/mol. The quantitative estimate of drug-likeness (QED) is 0.201. The zero-order valence-electron chi connectivity index (χ0n) is 24.9.